The van der Waals surface area contributed by atoms with E-state index in [-0.39, 0.29) is 11.8 Å². The minimum Gasteiger partial charge on any atom is -0.305 e. The summed E-state index contributed by atoms with van der Waals surface area (Å²) in [6.07, 6.45) is 2.46. The van der Waals surface area contributed by atoms with E-state index in [0.29, 0.717) is 6.04 Å². The molecule has 0 bridgehead atoms. The molecule has 1 fully saturated rings. The number of carbonyl (C=O) groups excluding carboxylic acids is 1. The summed E-state index contributed by atoms with van der Waals surface area (Å²) in [6.45, 7) is 4.95. The Morgan fingerprint density at radius 3 is 2.94 bits per heavy atom. The summed E-state index contributed by atoms with van der Waals surface area (Å²) in [5.74, 6) is 4.98. The third-order valence-electron chi connectivity index (χ3n) is 3.37. The largest absolute Gasteiger partial charge is 0.305 e. The van der Waals surface area contributed by atoms with Crippen molar-refractivity contribution >= 4 is 5.91 Å². The fourth-order valence-electron chi connectivity index (χ4n) is 2.31. The third kappa shape index (κ3) is 3.73. The van der Waals surface area contributed by atoms with Gasteiger partial charge in [-0.25, -0.2) is 5.84 Å². The van der Waals surface area contributed by atoms with Crippen LogP contribution in [0.2, 0.25) is 0 Å². The first-order valence-electron chi connectivity index (χ1n) is 5.93. The number of nitrogens with two attached hydrogens (primary N) is 1. The van der Waals surface area contributed by atoms with Gasteiger partial charge in [0.15, 0.2) is 0 Å². The van der Waals surface area contributed by atoms with Crippen LogP contribution >= 0.6 is 0 Å². The van der Waals surface area contributed by atoms with E-state index < -0.39 is 0 Å². The Morgan fingerprint density at radius 1 is 1.69 bits per heavy atom. The molecule has 5 heteroatoms. The van der Waals surface area contributed by atoms with Crippen LogP contribution in [-0.2, 0) is 4.79 Å². The number of hydrogen-bond donors (Lipinski definition) is 2. The number of nitrogens with zero attached hydrogens (tertiary/aromatic N) is 2. The second-order valence-corrected chi connectivity index (χ2v) is 4.91. The van der Waals surface area contributed by atoms with E-state index in [9.17, 15) is 4.79 Å². The molecule has 0 spiro atoms. The molecule has 2 atom stereocenters. The van der Waals surface area contributed by atoms with Crippen molar-refractivity contribution in [2.75, 3.05) is 33.7 Å². The highest BCUT2D eigenvalue weighted by molar-refractivity contribution is 5.77. The summed E-state index contributed by atoms with van der Waals surface area (Å²) in [4.78, 5) is 15.9. The first kappa shape index (κ1) is 13.4. The number of amides is 1. The van der Waals surface area contributed by atoms with Gasteiger partial charge >= 0.3 is 0 Å². The van der Waals surface area contributed by atoms with Gasteiger partial charge in [0.25, 0.3) is 0 Å². The molecule has 3 N–H and O–H groups in total. The van der Waals surface area contributed by atoms with Gasteiger partial charge in [-0.1, -0.05) is 6.92 Å². The molecule has 1 rings (SSSR count). The maximum Gasteiger partial charge on any atom is 0.237 e. The molecule has 5 nitrogen and oxygen atoms in total. The monoisotopic (exact) mass is 228 g/mol. The Hall–Kier alpha value is -0.650. The normalized spacial score (nSPS) is 24.4. The van der Waals surface area contributed by atoms with E-state index in [2.05, 4.69) is 29.3 Å². The van der Waals surface area contributed by atoms with Gasteiger partial charge in [0.05, 0.1) is 0 Å². The topological polar surface area (TPSA) is 61.6 Å². The summed E-state index contributed by atoms with van der Waals surface area (Å²) < 4.78 is 0. The van der Waals surface area contributed by atoms with Crippen LogP contribution in [-0.4, -0.2) is 55.5 Å². The summed E-state index contributed by atoms with van der Waals surface area (Å²) in [7, 11) is 4.24. The molecule has 2 unspecified atom stereocenters. The zero-order valence-corrected chi connectivity index (χ0v) is 10.6. The lowest BCUT2D eigenvalue weighted by atomic mass is 10.0. The van der Waals surface area contributed by atoms with Crippen LogP contribution in [0.1, 0.15) is 19.8 Å². The Labute approximate surface area is 97.9 Å². The number of hydrazine groups is 1. The van der Waals surface area contributed by atoms with E-state index in [1.165, 1.54) is 19.4 Å². The van der Waals surface area contributed by atoms with Crippen molar-refractivity contribution in [3.05, 3.63) is 0 Å². The molecule has 0 radical (unpaired) electrons. The van der Waals surface area contributed by atoms with Crippen LogP contribution in [0.25, 0.3) is 0 Å². The number of carbonyl (C=O) groups is 1. The predicted molar refractivity (Wildman–Crippen MR) is 64.6 cm³/mol. The second-order valence-electron chi connectivity index (χ2n) is 4.91. The molecule has 0 aromatic heterocycles. The minimum atomic E-state index is -0.0870. The minimum absolute atomic E-state index is 0.0535. The molecule has 16 heavy (non-hydrogen) atoms. The smallest absolute Gasteiger partial charge is 0.237 e. The van der Waals surface area contributed by atoms with Crippen LogP contribution in [0.5, 0.6) is 0 Å². The Balaban J connectivity index is 2.38. The van der Waals surface area contributed by atoms with E-state index in [1.54, 1.807) is 0 Å². The Bertz CT molecular complexity index is 234. The van der Waals surface area contributed by atoms with Crippen molar-refractivity contribution in [2.45, 2.75) is 25.8 Å². The number of piperidine rings is 1. The van der Waals surface area contributed by atoms with Gasteiger partial charge < -0.3 is 9.80 Å². The van der Waals surface area contributed by atoms with Crippen LogP contribution in [0.4, 0.5) is 0 Å². The van der Waals surface area contributed by atoms with Gasteiger partial charge in [-0.05, 0) is 33.5 Å². The lowest BCUT2D eigenvalue weighted by Gasteiger charge is -2.36. The molecule has 1 amide bonds. The molecule has 0 saturated carbocycles. The van der Waals surface area contributed by atoms with Gasteiger partial charge in [-0.2, -0.15) is 0 Å². The van der Waals surface area contributed by atoms with Crippen molar-refractivity contribution in [1.29, 1.82) is 0 Å². The van der Waals surface area contributed by atoms with Crippen LogP contribution < -0.4 is 11.3 Å². The molecule has 0 aromatic carbocycles. The maximum absolute atomic E-state index is 11.3. The summed E-state index contributed by atoms with van der Waals surface area (Å²) in [5, 5.41) is 0. The number of rotatable bonds is 4. The second kappa shape index (κ2) is 6.18. The number of hydrogen-bond acceptors (Lipinski definition) is 4. The lowest BCUT2D eigenvalue weighted by Crippen LogP contribution is -2.48. The highest BCUT2D eigenvalue weighted by atomic mass is 16.2. The lowest BCUT2D eigenvalue weighted by molar-refractivity contribution is -0.125. The Kier molecular flexibility index (Phi) is 5.18. The molecular formula is C11H24N4O. The SMILES string of the molecule is CC(CN(C)C1CCCN(C)C1)C(=O)NN. The zero-order valence-electron chi connectivity index (χ0n) is 10.6. The number of likely N-dealkylation sites (tertiary alicyclic amines) is 1. The van der Waals surface area contributed by atoms with E-state index in [0.717, 1.165) is 13.1 Å². The van der Waals surface area contributed by atoms with Crippen molar-refractivity contribution in [1.82, 2.24) is 15.2 Å². The average Bonchev–Trinajstić information content (AvgIpc) is 2.27. The van der Waals surface area contributed by atoms with Gasteiger partial charge in [-0.15, -0.1) is 0 Å². The standard InChI is InChI=1S/C11H24N4O/c1-9(11(16)13-12)7-15(3)10-5-4-6-14(2)8-10/h9-10H,4-8,12H2,1-3H3,(H,13,16). The first-order chi connectivity index (χ1) is 7.54. The third-order valence-corrected chi connectivity index (χ3v) is 3.37. The van der Waals surface area contributed by atoms with Crippen molar-refractivity contribution in [3.63, 3.8) is 0 Å². The fourth-order valence-corrected chi connectivity index (χ4v) is 2.31. The highest BCUT2D eigenvalue weighted by Crippen LogP contribution is 2.14. The quantitative estimate of drug-likeness (QED) is 0.392. The van der Waals surface area contributed by atoms with Gasteiger partial charge in [0.1, 0.15) is 0 Å². The van der Waals surface area contributed by atoms with E-state index in [1.807, 2.05) is 6.92 Å². The Morgan fingerprint density at radius 2 is 2.38 bits per heavy atom. The van der Waals surface area contributed by atoms with Crippen LogP contribution in [0.15, 0.2) is 0 Å². The van der Waals surface area contributed by atoms with E-state index in [4.69, 9.17) is 5.84 Å². The average molecular weight is 228 g/mol. The van der Waals surface area contributed by atoms with Crippen molar-refractivity contribution in [3.8, 4) is 0 Å². The molecule has 1 aliphatic heterocycles. The van der Waals surface area contributed by atoms with Crippen LogP contribution in [0, 0.1) is 5.92 Å². The van der Waals surface area contributed by atoms with Gasteiger partial charge in [0, 0.05) is 25.0 Å². The highest BCUT2D eigenvalue weighted by Gasteiger charge is 2.23. The maximum atomic E-state index is 11.3. The summed E-state index contributed by atoms with van der Waals surface area (Å²) in [5.41, 5.74) is 2.21. The molecule has 1 saturated heterocycles. The number of likely N-dealkylation sites (N-methyl/N-ethyl adjacent to an activating group) is 2. The van der Waals surface area contributed by atoms with E-state index >= 15 is 0 Å². The van der Waals surface area contributed by atoms with Crippen molar-refractivity contribution < 1.29 is 4.79 Å². The summed E-state index contributed by atoms with van der Waals surface area (Å²) in [6, 6.07) is 0.562. The van der Waals surface area contributed by atoms with Crippen molar-refractivity contribution in [2.24, 2.45) is 11.8 Å². The molecule has 1 aliphatic rings. The molecule has 0 aromatic rings. The molecule has 1 heterocycles. The van der Waals surface area contributed by atoms with Crippen LogP contribution in [0.3, 0.4) is 0 Å². The van der Waals surface area contributed by atoms with Gasteiger partial charge in [-0.3, -0.25) is 10.2 Å². The molecular weight excluding hydrogens is 204 g/mol. The fraction of sp³-hybridized carbons (Fsp3) is 0.909. The summed E-state index contributed by atoms with van der Waals surface area (Å²) >= 11 is 0. The molecule has 94 valence electrons. The zero-order chi connectivity index (χ0) is 12.1. The van der Waals surface area contributed by atoms with Gasteiger partial charge in [0.2, 0.25) is 5.91 Å². The first-order valence-corrected chi connectivity index (χ1v) is 5.93. The predicted octanol–water partition coefficient (Wildman–Crippen LogP) is -0.362. The molecule has 0 aliphatic carbocycles. The number of nitrogens with one attached hydrogen (secondary N) is 1.